The zero-order chi connectivity index (χ0) is 38.9. The molecule has 54 heavy (non-hydrogen) atoms. The van der Waals surface area contributed by atoms with Crippen molar-refractivity contribution < 1.29 is 56.5 Å². The molecule has 0 fully saturated rings. The van der Waals surface area contributed by atoms with E-state index in [2.05, 4.69) is 0 Å². The van der Waals surface area contributed by atoms with Gasteiger partial charge >= 0.3 is 37.8 Å². The largest absolute Gasteiger partial charge is 0.478 e. The third-order valence-corrected chi connectivity index (χ3v) is 13.3. The lowest BCUT2D eigenvalue weighted by Gasteiger charge is -2.47. The minimum atomic E-state index is -5.56. The molecule has 0 amide bonds. The van der Waals surface area contributed by atoms with E-state index in [0.717, 1.165) is 0 Å². The van der Waals surface area contributed by atoms with Gasteiger partial charge in [-0.25, -0.2) is 9.59 Å². The molecule has 0 aromatic heterocycles. The predicted molar refractivity (Wildman–Crippen MR) is 203 cm³/mol. The molecular weight excluding hydrogens is 734 g/mol. The maximum absolute atomic E-state index is 15.9. The normalized spacial score (nSPS) is 14.2. The van der Waals surface area contributed by atoms with Gasteiger partial charge in [-0.1, -0.05) is 148 Å². The van der Waals surface area contributed by atoms with Crippen molar-refractivity contribution >= 4 is 27.1 Å². The zero-order valence-electron chi connectivity index (χ0n) is 30.5. The molecule has 0 saturated heterocycles. The maximum atomic E-state index is 15.9. The summed E-state index contributed by atoms with van der Waals surface area (Å²) < 4.78 is 68.1. The number of carbonyl (C=O) groups is 2. The Morgan fingerprint density at radius 2 is 0.722 bits per heavy atom. The molecule has 12 nitrogen and oxygen atoms in total. The van der Waals surface area contributed by atoms with Crippen molar-refractivity contribution in [2.45, 2.75) is 76.6 Å². The summed E-state index contributed by atoms with van der Waals surface area (Å²) in [7, 11) is -11.1. The molecule has 290 valence electrons. The first kappa shape index (κ1) is 42.8. The number of benzene rings is 4. The molecule has 4 rings (SSSR count). The summed E-state index contributed by atoms with van der Waals surface area (Å²) in [6, 6.07) is 33.6. The summed E-state index contributed by atoms with van der Waals surface area (Å²) in [5.41, 5.74) is 1.80. The Kier molecular flexibility index (Phi) is 16.4. The molecule has 0 aliphatic rings. The second-order valence-electron chi connectivity index (χ2n) is 12.3. The molecule has 14 heteroatoms. The van der Waals surface area contributed by atoms with Gasteiger partial charge in [0.15, 0.2) is 0 Å². The van der Waals surface area contributed by atoms with E-state index < -0.39 is 77.5 Å². The van der Waals surface area contributed by atoms with Crippen LogP contribution in [0.4, 0.5) is 0 Å². The van der Waals surface area contributed by atoms with Crippen molar-refractivity contribution in [3.05, 3.63) is 144 Å². The summed E-state index contributed by atoms with van der Waals surface area (Å²) in [4.78, 5) is 28.5. The van der Waals surface area contributed by atoms with Crippen LogP contribution in [0.5, 0.6) is 0 Å². The topological polar surface area (TPSA) is 164 Å². The van der Waals surface area contributed by atoms with Crippen LogP contribution in [0.2, 0.25) is 0 Å². The summed E-state index contributed by atoms with van der Waals surface area (Å²) in [6.45, 7) is 0.602. The third kappa shape index (κ3) is 10.0. The van der Waals surface area contributed by atoms with Gasteiger partial charge in [0.1, 0.15) is 0 Å². The van der Waals surface area contributed by atoms with Gasteiger partial charge in [-0.05, 0) is 35.1 Å². The number of carboxylic acids is 2. The molecule has 4 aromatic carbocycles. The van der Waals surface area contributed by atoms with Crippen molar-refractivity contribution in [3.63, 3.8) is 0 Å². The number of ether oxygens (including phenoxy) is 2. The number of carboxylic acid groups (broad SMARTS) is 2. The van der Waals surface area contributed by atoms with E-state index in [1.54, 1.807) is 135 Å². The molecule has 0 bridgehead atoms. The van der Waals surface area contributed by atoms with E-state index in [9.17, 15) is 19.8 Å². The van der Waals surface area contributed by atoms with Gasteiger partial charge in [0, 0.05) is 13.2 Å². The fourth-order valence-electron chi connectivity index (χ4n) is 5.47. The SMILES string of the molecule is CCCCO[C@@](C(=O)O)([C@@](OCCCC)(C(=O)O)P(=O)(OCc1ccccc1)OCc1ccccc1)P(=O)(OCc1ccccc1)OCc1ccccc1. The summed E-state index contributed by atoms with van der Waals surface area (Å²) in [5.74, 6) is -4.26. The van der Waals surface area contributed by atoms with Crippen LogP contribution in [0.25, 0.3) is 0 Å². The van der Waals surface area contributed by atoms with Gasteiger partial charge < -0.3 is 37.8 Å². The summed E-state index contributed by atoms with van der Waals surface area (Å²) in [6.07, 6.45) is 1.27. The molecule has 0 radical (unpaired) electrons. The van der Waals surface area contributed by atoms with Crippen LogP contribution in [0.3, 0.4) is 0 Å². The lowest BCUT2D eigenvalue weighted by atomic mass is 10.1. The van der Waals surface area contributed by atoms with Crippen LogP contribution in [-0.2, 0) is 72.7 Å². The number of rotatable bonds is 25. The quantitative estimate of drug-likeness (QED) is 0.0484. The zero-order valence-corrected chi connectivity index (χ0v) is 32.3. The molecule has 0 spiro atoms. The van der Waals surface area contributed by atoms with Gasteiger partial charge in [0.05, 0.1) is 26.4 Å². The molecule has 2 atom stereocenters. The van der Waals surface area contributed by atoms with Crippen molar-refractivity contribution in [2.24, 2.45) is 0 Å². The molecule has 0 aliphatic heterocycles. The monoisotopic (exact) mass is 782 g/mol. The van der Waals surface area contributed by atoms with Crippen LogP contribution < -0.4 is 0 Å². The minimum Gasteiger partial charge on any atom is -0.478 e. The second-order valence-corrected chi connectivity index (χ2v) is 16.6. The van der Waals surface area contributed by atoms with Crippen molar-refractivity contribution in [2.75, 3.05) is 13.2 Å². The molecule has 0 aliphatic carbocycles. The molecule has 4 aromatic rings. The molecule has 0 heterocycles. The fourth-order valence-corrected chi connectivity index (χ4v) is 10.4. The average Bonchev–Trinajstić information content (AvgIpc) is 3.20. The highest BCUT2D eigenvalue weighted by Gasteiger charge is 2.84. The van der Waals surface area contributed by atoms with Gasteiger partial charge in [0.2, 0.25) is 0 Å². The fraction of sp³-hybridized carbons (Fsp3) is 0.350. The minimum absolute atomic E-state index is 0.178. The predicted octanol–water partition coefficient (Wildman–Crippen LogP) is 9.44. The number of hydrogen-bond acceptors (Lipinski definition) is 10. The third-order valence-electron chi connectivity index (χ3n) is 8.40. The molecule has 0 saturated carbocycles. The van der Waals surface area contributed by atoms with E-state index in [0.29, 0.717) is 35.1 Å². The highest BCUT2D eigenvalue weighted by atomic mass is 31.2. The smallest absolute Gasteiger partial charge is 0.379 e. The van der Waals surface area contributed by atoms with Gasteiger partial charge in [-0.3, -0.25) is 9.13 Å². The Morgan fingerprint density at radius 3 is 0.926 bits per heavy atom. The molecule has 0 unspecified atom stereocenters. The van der Waals surface area contributed by atoms with Gasteiger partial charge in [0.25, 0.3) is 0 Å². The van der Waals surface area contributed by atoms with Crippen LogP contribution in [-0.4, -0.2) is 46.0 Å². The average molecular weight is 783 g/mol. The van der Waals surface area contributed by atoms with Crippen LogP contribution in [0.15, 0.2) is 121 Å². The molecule has 2 N–H and O–H groups in total. The second kappa shape index (κ2) is 20.6. The Balaban J connectivity index is 2.06. The molecular formula is C40H48O12P2. The van der Waals surface area contributed by atoms with E-state index in [-0.39, 0.29) is 12.8 Å². The number of hydrogen-bond donors (Lipinski definition) is 2. The van der Waals surface area contributed by atoms with Crippen LogP contribution in [0, 0.1) is 0 Å². The Labute approximate surface area is 316 Å². The van der Waals surface area contributed by atoms with E-state index >= 15 is 9.13 Å². The lowest BCUT2D eigenvalue weighted by molar-refractivity contribution is -0.201. The van der Waals surface area contributed by atoms with Crippen molar-refractivity contribution in [1.82, 2.24) is 0 Å². The van der Waals surface area contributed by atoms with Crippen molar-refractivity contribution in [3.8, 4) is 0 Å². The lowest BCUT2D eigenvalue weighted by Crippen LogP contribution is -2.66. The van der Waals surface area contributed by atoms with Gasteiger partial charge in [-0.2, -0.15) is 0 Å². The first-order valence-electron chi connectivity index (χ1n) is 17.8. The van der Waals surface area contributed by atoms with Crippen LogP contribution in [0.1, 0.15) is 61.8 Å². The number of aliphatic carboxylic acids is 2. The number of unbranched alkanes of at least 4 members (excludes halogenated alkanes) is 2. The maximum Gasteiger partial charge on any atom is 0.379 e. The Hall–Kier alpha value is -3.96. The first-order chi connectivity index (χ1) is 26.1. The summed E-state index contributed by atoms with van der Waals surface area (Å²) >= 11 is 0. The van der Waals surface area contributed by atoms with Crippen molar-refractivity contribution in [1.29, 1.82) is 0 Å². The van der Waals surface area contributed by atoms with E-state index in [1.165, 1.54) is 0 Å². The first-order valence-corrected chi connectivity index (χ1v) is 20.8. The summed E-state index contributed by atoms with van der Waals surface area (Å²) in [5, 5.41) is 15.6. The Bertz CT molecular complexity index is 1600. The standard InChI is InChI=1S/C40H48O12P2/c1-3-5-27-47-39(37(41)42,53(45,49-29-33-19-11-7-12-20-33)50-30-34-21-13-8-14-22-34)40(38(43)44,48-28-6-4-2)54(46,51-31-35-23-15-9-16-24-35)52-32-36-25-17-10-18-26-36/h7-26H,3-6,27-32H2,1-2H3,(H,41,42)(H,43,44)/t39-,40-/m1/s1. The Morgan fingerprint density at radius 1 is 0.481 bits per heavy atom. The van der Waals surface area contributed by atoms with Crippen LogP contribution >= 0.6 is 15.2 Å². The highest BCUT2D eigenvalue weighted by molar-refractivity contribution is 7.62. The van der Waals surface area contributed by atoms with E-state index in [1.807, 2.05) is 0 Å². The van der Waals surface area contributed by atoms with Gasteiger partial charge in [-0.15, -0.1) is 0 Å². The van der Waals surface area contributed by atoms with E-state index in [4.69, 9.17) is 27.6 Å². The highest BCUT2D eigenvalue weighted by Crippen LogP contribution is 2.76.